The molecule has 0 unspecified atom stereocenters. The first-order valence-corrected chi connectivity index (χ1v) is 8.19. The van der Waals surface area contributed by atoms with Crippen molar-refractivity contribution in [1.29, 1.82) is 0 Å². The summed E-state index contributed by atoms with van der Waals surface area (Å²) < 4.78 is 13.3. The highest BCUT2D eigenvalue weighted by molar-refractivity contribution is 5.97. The van der Waals surface area contributed by atoms with Gasteiger partial charge in [-0.3, -0.25) is 14.4 Å². The maximum Gasteiger partial charge on any atom is 0.254 e. The second-order valence-electron chi connectivity index (χ2n) is 6.04. The summed E-state index contributed by atoms with van der Waals surface area (Å²) >= 11 is 0. The largest absolute Gasteiger partial charge is 0.366 e. The van der Waals surface area contributed by atoms with Crippen LogP contribution >= 0.6 is 0 Å². The topological polar surface area (TPSA) is 83.7 Å². The van der Waals surface area contributed by atoms with Gasteiger partial charge in [0, 0.05) is 42.9 Å². The number of hydrogen-bond donors (Lipinski definition) is 1. The Morgan fingerprint density at radius 3 is 1.77 bits per heavy atom. The number of rotatable bonds is 3. The Kier molecular flexibility index (Phi) is 4.97. The molecule has 0 atom stereocenters. The minimum absolute atomic E-state index is 0.168. The number of primary amides is 1. The number of carbonyl (C=O) groups excluding carboxylic acids is 3. The van der Waals surface area contributed by atoms with E-state index in [0.717, 1.165) is 0 Å². The summed E-state index contributed by atoms with van der Waals surface area (Å²) in [5, 5.41) is 0. The molecule has 2 N–H and O–H groups in total. The summed E-state index contributed by atoms with van der Waals surface area (Å²) in [6, 6.07) is 11.7. The molecular formula is C19H18FN3O3. The van der Waals surface area contributed by atoms with Crippen molar-refractivity contribution in [2.75, 3.05) is 26.2 Å². The quantitative estimate of drug-likeness (QED) is 0.906. The highest BCUT2D eigenvalue weighted by Crippen LogP contribution is 2.13. The molecule has 0 radical (unpaired) electrons. The number of benzene rings is 2. The van der Waals surface area contributed by atoms with Crippen molar-refractivity contribution in [2.24, 2.45) is 5.73 Å². The van der Waals surface area contributed by atoms with E-state index in [1.807, 2.05) is 0 Å². The summed E-state index contributed by atoms with van der Waals surface area (Å²) in [7, 11) is 0. The standard InChI is InChI=1S/C19H18FN3O3/c20-16-3-1-2-15(12-16)19(26)23-10-8-22(9-11-23)18(25)14-6-4-13(5-7-14)17(21)24/h1-7,12H,8-11H2,(H2,21,24). The lowest BCUT2D eigenvalue weighted by Crippen LogP contribution is -2.50. The van der Waals surface area contributed by atoms with Crippen LogP contribution < -0.4 is 5.73 Å². The zero-order valence-electron chi connectivity index (χ0n) is 14.0. The lowest BCUT2D eigenvalue weighted by Gasteiger charge is -2.35. The Labute approximate surface area is 150 Å². The van der Waals surface area contributed by atoms with Crippen molar-refractivity contribution < 1.29 is 18.8 Å². The third-order valence-electron chi connectivity index (χ3n) is 4.34. The van der Waals surface area contributed by atoms with Crippen LogP contribution in [0.1, 0.15) is 31.1 Å². The zero-order valence-corrected chi connectivity index (χ0v) is 14.0. The average Bonchev–Trinajstić information content (AvgIpc) is 2.67. The van der Waals surface area contributed by atoms with E-state index in [1.54, 1.807) is 28.0 Å². The number of amides is 3. The van der Waals surface area contributed by atoms with Crippen LogP contribution in [-0.4, -0.2) is 53.7 Å². The molecule has 2 aromatic carbocycles. The molecule has 6 nitrogen and oxygen atoms in total. The Bertz CT molecular complexity index is 843. The minimum atomic E-state index is -0.548. The fourth-order valence-corrected chi connectivity index (χ4v) is 2.88. The molecule has 1 fully saturated rings. The first-order valence-electron chi connectivity index (χ1n) is 8.19. The molecule has 1 aliphatic heterocycles. The molecule has 2 aromatic rings. The maximum absolute atomic E-state index is 13.3. The zero-order chi connectivity index (χ0) is 18.7. The molecule has 26 heavy (non-hydrogen) atoms. The van der Waals surface area contributed by atoms with Crippen LogP contribution in [-0.2, 0) is 0 Å². The molecule has 1 aliphatic rings. The molecule has 0 aliphatic carbocycles. The summed E-state index contributed by atoms with van der Waals surface area (Å²) in [5.74, 6) is -1.42. The Morgan fingerprint density at radius 2 is 1.27 bits per heavy atom. The van der Waals surface area contributed by atoms with Crippen LogP contribution in [0.2, 0.25) is 0 Å². The summed E-state index contributed by atoms with van der Waals surface area (Å²) in [6.07, 6.45) is 0. The lowest BCUT2D eigenvalue weighted by atomic mass is 10.1. The van der Waals surface area contributed by atoms with Crippen molar-refractivity contribution in [3.63, 3.8) is 0 Å². The molecule has 1 saturated heterocycles. The van der Waals surface area contributed by atoms with E-state index in [9.17, 15) is 18.8 Å². The van der Waals surface area contributed by atoms with Gasteiger partial charge in [-0.2, -0.15) is 0 Å². The molecule has 0 saturated carbocycles. The average molecular weight is 355 g/mol. The number of piperazine rings is 1. The van der Waals surface area contributed by atoms with E-state index in [0.29, 0.717) is 42.9 Å². The number of hydrogen-bond acceptors (Lipinski definition) is 3. The van der Waals surface area contributed by atoms with Gasteiger partial charge in [0.2, 0.25) is 5.91 Å². The second kappa shape index (κ2) is 7.35. The third kappa shape index (κ3) is 3.72. The van der Waals surface area contributed by atoms with Crippen molar-refractivity contribution >= 4 is 17.7 Å². The van der Waals surface area contributed by atoms with E-state index in [4.69, 9.17) is 5.73 Å². The van der Waals surface area contributed by atoms with Gasteiger partial charge in [-0.15, -0.1) is 0 Å². The molecular weight excluding hydrogens is 337 g/mol. The van der Waals surface area contributed by atoms with Gasteiger partial charge in [0.15, 0.2) is 0 Å². The third-order valence-corrected chi connectivity index (χ3v) is 4.34. The molecule has 134 valence electrons. The number of halogens is 1. The predicted octanol–water partition coefficient (Wildman–Crippen LogP) is 1.52. The Balaban J connectivity index is 1.61. The van der Waals surface area contributed by atoms with Crippen molar-refractivity contribution in [3.05, 3.63) is 71.0 Å². The lowest BCUT2D eigenvalue weighted by molar-refractivity contribution is 0.0535. The molecule has 1 heterocycles. The molecule has 3 amide bonds. The van der Waals surface area contributed by atoms with Crippen LogP contribution in [0.4, 0.5) is 4.39 Å². The minimum Gasteiger partial charge on any atom is -0.366 e. The van der Waals surface area contributed by atoms with E-state index in [-0.39, 0.29) is 11.8 Å². The van der Waals surface area contributed by atoms with Gasteiger partial charge >= 0.3 is 0 Å². The van der Waals surface area contributed by atoms with Gasteiger partial charge in [0.1, 0.15) is 5.82 Å². The summed E-state index contributed by atoms with van der Waals surface area (Å²) in [6.45, 7) is 1.52. The maximum atomic E-state index is 13.3. The van der Waals surface area contributed by atoms with E-state index >= 15 is 0 Å². The Morgan fingerprint density at radius 1 is 0.769 bits per heavy atom. The molecule has 7 heteroatoms. The van der Waals surface area contributed by atoms with Crippen LogP contribution in [0.15, 0.2) is 48.5 Å². The van der Waals surface area contributed by atoms with Gasteiger partial charge in [0.25, 0.3) is 11.8 Å². The molecule has 0 bridgehead atoms. The number of carbonyl (C=O) groups is 3. The van der Waals surface area contributed by atoms with E-state index in [2.05, 4.69) is 0 Å². The monoisotopic (exact) mass is 355 g/mol. The first-order chi connectivity index (χ1) is 12.5. The van der Waals surface area contributed by atoms with Crippen molar-refractivity contribution in [2.45, 2.75) is 0 Å². The summed E-state index contributed by atoms with van der Waals surface area (Å²) in [5.41, 5.74) is 6.28. The first kappa shape index (κ1) is 17.6. The van der Waals surface area contributed by atoms with E-state index < -0.39 is 11.7 Å². The highest BCUT2D eigenvalue weighted by atomic mass is 19.1. The smallest absolute Gasteiger partial charge is 0.254 e. The Hall–Kier alpha value is -3.22. The predicted molar refractivity (Wildman–Crippen MR) is 93.2 cm³/mol. The van der Waals surface area contributed by atoms with Crippen LogP contribution in [0, 0.1) is 5.82 Å². The summed E-state index contributed by atoms with van der Waals surface area (Å²) in [4.78, 5) is 39.3. The SMILES string of the molecule is NC(=O)c1ccc(C(=O)N2CCN(C(=O)c3cccc(F)c3)CC2)cc1. The van der Waals surface area contributed by atoms with Crippen molar-refractivity contribution in [3.8, 4) is 0 Å². The van der Waals surface area contributed by atoms with Crippen LogP contribution in [0.3, 0.4) is 0 Å². The van der Waals surface area contributed by atoms with Gasteiger partial charge in [0.05, 0.1) is 0 Å². The van der Waals surface area contributed by atoms with E-state index in [1.165, 1.54) is 30.3 Å². The normalized spacial score (nSPS) is 14.2. The fraction of sp³-hybridized carbons (Fsp3) is 0.211. The number of nitrogens with zero attached hydrogens (tertiary/aromatic N) is 2. The van der Waals surface area contributed by atoms with Gasteiger partial charge < -0.3 is 15.5 Å². The fourth-order valence-electron chi connectivity index (χ4n) is 2.88. The molecule has 0 aromatic heterocycles. The molecule has 3 rings (SSSR count). The molecule has 0 spiro atoms. The van der Waals surface area contributed by atoms with Crippen LogP contribution in [0.25, 0.3) is 0 Å². The second-order valence-corrected chi connectivity index (χ2v) is 6.04. The van der Waals surface area contributed by atoms with Gasteiger partial charge in [-0.05, 0) is 42.5 Å². The highest BCUT2D eigenvalue weighted by Gasteiger charge is 2.25. The van der Waals surface area contributed by atoms with Gasteiger partial charge in [-0.1, -0.05) is 6.07 Å². The van der Waals surface area contributed by atoms with Crippen molar-refractivity contribution in [1.82, 2.24) is 9.80 Å². The van der Waals surface area contributed by atoms with Gasteiger partial charge in [-0.25, -0.2) is 4.39 Å². The van der Waals surface area contributed by atoms with Crippen LogP contribution in [0.5, 0.6) is 0 Å². The number of nitrogens with two attached hydrogens (primary N) is 1.